The van der Waals surface area contributed by atoms with Crippen LogP contribution < -0.4 is 5.32 Å². The van der Waals surface area contributed by atoms with Crippen molar-refractivity contribution in [3.8, 4) is 0 Å². The lowest BCUT2D eigenvalue weighted by Crippen LogP contribution is -2.55. The van der Waals surface area contributed by atoms with Crippen LogP contribution in [0.3, 0.4) is 0 Å². The number of ether oxygens (including phenoxy) is 2. The molecule has 0 bridgehead atoms. The number of hydrogen-bond donors (Lipinski definition) is 1. The van der Waals surface area contributed by atoms with Crippen molar-refractivity contribution in [2.24, 2.45) is 0 Å². The topological polar surface area (TPSA) is 30.5 Å². The Balaban J connectivity index is 2.61. The van der Waals surface area contributed by atoms with Gasteiger partial charge in [-0.2, -0.15) is 0 Å². The normalized spacial score (nSPS) is 35.3. The molecular weight excluding hydrogens is 186 g/mol. The van der Waals surface area contributed by atoms with E-state index in [1.165, 1.54) is 6.42 Å². The molecule has 1 aliphatic heterocycles. The third-order valence-electron chi connectivity index (χ3n) is 2.35. The molecule has 1 fully saturated rings. The van der Waals surface area contributed by atoms with Crippen LogP contribution in [0.15, 0.2) is 0 Å². The summed E-state index contributed by atoms with van der Waals surface area (Å²) in [5.41, 5.74) is 0. The predicted molar refractivity (Wildman–Crippen MR) is 55.9 cm³/mol. The first-order valence-electron chi connectivity index (χ1n) is 4.61. The van der Waals surface area contributed by atoms with Crippen LogP contribution >= 0.6 is 11.8 Å². The Morgan fingerprint density at radius 2 is 2.08 bits per heavy atom. The summed E-state index contributed by atoms with van der Waals surface area (Å²) in [5, 5.41) is 4.11. The maximum absolute atomic E-state index is 5.28. The average Bonchev–Trinajstić information content (AvgIpc) is 2.05. The SMILES string of the molecule is COC(OC)C1(C)NCCC(C)S1. The first-order chi connectivity index (χ1) is 6.12. The highest BCUT2D eigenvalue weighted by atomic mass is 32.2. The van der Waals surface area contributed by atoms with Gasteiger partial charge in [-0.25, -0.2) is 0 Å². The van der Waals surface area contributed by atoms with Gasteiger partial charge in [-0.05, 0) is 19.9 Å². The van der Waals surface area contributed by atoms with E-state index >= 15 is 0 Å². The maximum Gasteiger partial charge on any atom is 0.184 e. The summed E-state index contributed by atoms with van der Waals surface area (Å²) < 4.78 is 10.6. The predicted octanol–water partition coefficient (Wildman–Crippen LogP) is 1.44. The summed E-state index contributed by atoms with van der Waals surface area (Å²) in [6, 6.07) is 0. The van der Waals surface area contributed by atoms with Crippen molar-refractivity contribution >= 4 is 11.8 Å². The molecule has 0 aromatic heterocycles. The molecule has 0 saturated carbocycles. The van der Waals surface area contributed by atoms with E-state index in [0.29, 0.717) is 5.25 Å². The lowest BCUT2D eigenvalue weighted by molar-refractivity contribution is -0.128. The maximum atomic E-state index is 5.28. The lowest BCUT2D eigenvalue weighted by Gasteiger charge is -2.41. The molecular formula is C9H19NO2S. The second-order valence-corrected chi connectivity index (χ2v) is 5.44. The molecule has 0 radical (unpaired) electrons. The lowest BCUT2D eigenvalue weighted by atomic mass is 10.2. The third-order valence-corrected chi connectivity index (χ3v) is 3.82. The molecule has 1 saturated heterocycles. The van der Waals surface area contributed by atoms with Crippen molar-refractivity contribution in [2.45, 2.75) is 36.7 Å². The van der Waals surface area contributed by atoms with E-state index in [-0.39, 0.29) is 11.2 Å². The molecule has 0 aliphatic carbocycles. The van der Waals surface area contributed by atoms with Crippen LogP contribution in [0, 0.1) is 0 Å². The van der Waals surface area contributed by atoms with Crippen LogP contribution in [0.25, 0.3) is 0 Å². The fourth-order valence-corrected chi connectivity index (χ4v) is 3.29. The first-order valence-corrected chi connectivity index (χ1v) is 5.49. The Labute approximate surface area is 84.6 Å². The second kappa shape index (κ2) is 4.64. The standard InChI is InChI=1S/C9H19NO2S/c1-7-5-6-10-9(2,13-7)8(11-3)12-4/h7-8,10H,5-6H2,1-4H3. The van der Waals surface area contributed by atoms with Crippen LogP contribution in [0.4, 0.5) is 0 Å². The molecule has 1 heterocycles. The van der Waals surface area contributed by atoms with Gasteiger partial charge in [-0.3, -0.25) is 5.32 Å². The number of thioether (sulfide) groups is 1. The fourth-order valence-electron chi connectivity index (χ4n) is 1.73. The van der Waals surface area contributed by atoms with E-state index in [2.05, 4.69) is 19.2 Å². The van der Waals surface area contributed by atoms with E-state index in [1.54, 1.807) is 14.2 Å². The van der Waals surface area contributed by atoms with Crippen LogP contribution in [0.2, 0.25) is 0 Å². The van der Waals surface area contributed by atoms with E-state index in [9.17, 15) is 0 Å². The molecule has 0 aromatic rings. The second-order valence-electron chi connectivity index (χ2n) is 3.55. The Bertz CT molecular complexity index is 164. The quantitative estimate of drug-likeness (QED) is 0.706. The van der Waals surface area contributed by atoms with Gasteiger partial charge in [0.15, 0.2) is 6.29 Å². The highest BCUT2D eigenvalue weighted by molar-refractivity contribution is 8.01. The monoisotopic (exact) mass is 205 g/mol. The summed E-state index contributed by atoms with van der Waals surface area (Å²) in [4.78, 5) is -0.110. The van der Waals surface area contributed by atoms with Crippen molar-refractivity contribution in [1.29, 1.82) is 0 Å². The van der Waals surface area contributed by atoms with Crippen LogP contribution in [-0.2, 0) is 9.47 Å². The Morgan fingerprint density at radius 3 is 2.54 bits per heavy atom. The molecule has 1 rings (SSSR count). The van der Waals surface area contributed by atoms with Crippen LogP contribution in [-0.4, -0.2) is 37.2 Å². The van der Waals surface area contributed by atoms with E-state index in [4.69, 9.17) is 9.47 Å². The Morgan fingerprint density at radius 1 is 1.46 bits per heavy atom. The molecule has 2 unspecified atom stereocenters. The number of methoxy groups -OCH3 is 2. The van der Waals surface area contributed by atoms with Crippen molar-refractivity contribution < 1.29 is 9.47 Å². The zero-order chi connectivity index (χ0) is 9.90. The van der Waals surface area contributed by atoms with Gasteiger partial charge in [0.25, 0.3) is 0 Å². The molecule has 3 nitrogen and oxygen atoms in total. The van der Waals surface area contributed by atoms with Gasteiger partial charge in [0.05, 0.1) is 0 Å². The molecule has 0 amide bonds. The summed E-state index contributed by atoms with van der Waals surface area (Å²) in [7, 11) is 3.36. The minimum Gasteiger partial charge on any atom is -0.353 e. The zero-order valence-electron chi connectivity index (χ0n) is 8.79. The molecule has 1 N–H and O–H groups in total. The van der Waals surface area contributed by atoms with Crippen molar-refractivity contribution in [3.05, 3.63) is 0 Å². The van der Waals surface area contributed by atoms with Crippen LogP contribution in [0.5, 0.6) is 0 Å². The number of hydrogen-bond acceptors (Lipinski definition) is 4. The summed E-state index contributed by atoms with van der Waals surface area (Å²) in [5.74, 6) is 0. The van der Waals surface area contributed by atoms with Gasteiger partial charge in [0, 0.05) is 19.5 Å². The van der Waals surface area contributed by atoms with Gasteiger partial charge < -0.3 is 9.47 Å². The minimum absolute atomic E-state index is 0.110. The van der Waals surface area contributed by atoms with Crippen LogP contribution in [0.1, 0.15) is 20.3 Å². The summed E-state index contributed by atoms with van der Waals surface area (Å²) in [6.07, 6.45) is 1.03. The van der Waals surface area contributed by atoms with Gasteiger partial charge in [-0.15, -0.1) is 11.8 Å². The van der Waals surface area contributed by atoms with Crippen molar-refractivity contribution in [1.82, 2.24) is 5.32 Å². The van der Waals surface area contributed by atoms with E-state index in [0.717, 1.165) is 6.54 Å². The minimum atomic E-state index is -0.180. The Hall–Kier alpha value is 0.230. The fraction of sp³-hybridized carbons (Fsp3) is 1.00. The largest absolute Gasteiger partial charge is 0.353 e. The van der Waals surface area contributed by atoms with E-state index in [1.807, 2.05) is 11.8 Å². The molecule has 4 heteroatoms. The molecule has 13 heavy (non-hydrogen) atoms. The highest BCUT2D eigenvalue weighted by Crippen LogP contribution is 2.35. The first kappa shape index (κ1) is 11.3. The van der Waals surface area contributed by atoms with Crippen molar-refractivity contribution in [3.63, 3.8) is 0 Å². The number of nitrogens with one attached hydrogen (secondary N) is 1. The molecule has 0 aromatic carbocycles. The van der Waals surface area contributed by atoms with Gasteiger partial charge in [0.2, 0.25) is 0 Å². The summed E-state index contributed by atoms with van der Waals surface area (Å²) >= 11 is 1.88. The molecule has 0 spiro atoms. The zero-order valence-corrected chi connectivity index (χ0v) is 9.61. The molecule has 78 valence electrons. The van der Waals surface area contributed by atoms with Crippen molar-refractivity contribution in [2.75, 3.05) is 20.8 Å². The van der Waals surface area contributed by atoms with Gasteiger partial charge in [-0.1, -0.05) is 6.92 Å². The number of rotatable bonds is 3. The molecule has 1 aliphatic rings. The average molecular weight is 205 g/mol. The highest BCUT2D eigenvalue weighted by Gasteiger charge is 2.38. The third kappa shape index (κ3) is 2.59. The van der Waals surface area contributed by atoms with E-state index < -0.39 is 0 Å². The van der Waals surface area contributed by atoms with Gasteiger partial charge >= 0.3 is 0 Å². The molecule has 2 atom stereocenters. The summed E-state index contributed by atoms with van der Waals surface area (Å²) in [6.45, 7) is 5.41. The van der Waals surface area contributed by atoms with Gasteiger partial charge in [0.1, 0.15) is 4.87 Å². The Kier molecular flexibility index (Phi) is 4.04. The smallest absolute Gasteiger partial charge is 0.184 e.